The summed E-state index contributed by atoms with van der Waals surface area (Å²) < 4.78 is 6.93. The van der Waals surface area contributed by atoms with E-state index in [0.717, 1.165) is 10.6 Å². The number of hydrogen-bond donors (Lipinski definition) is 0. The van der Waals surface area contributed by atoms with Crippen molar-refractivity contribution in [3.63, 3.8) is 0 Å². The summed E-state index contributed by atoms with van der Waals surface area (Å²) in [5.41, 5.74) is 0.747. The van der Waals surface area contributed by atoms with Crippen LogP contribution in [0.25, 0.3) is 0 Å². The predicted molar refractivity (Wildman–Crippen MR) is 49.6 cm³/mol. The molecule has 68 valence electrons. The van der Waals surface area contributed by atoms with E-state index in [1.54, 1.807) is 4.47 Å². The summed E-state index contributed by atoms with van der Waals surface area (Å²) >= 11 is 7.03. The van der Waals surface area contributed by atoms with Crippen LogP contribution in [0.15, 0.2) is 24.3 Å². The second kappa shape index (κ2) is 2.62. The molecule has 1 aromatic rings. The Labute approximate surface area is 84.9 Å². The van der Waals surface area contributed by atoms with Gasteiger partial charge in [-0.3, -0.25) is 4.18 Å². The van der Waals surface area contributed by atoms with Crippen molar-refractivity contribution >= 4 is 23.8 Å². The fraction of sp³-hybridized carbons (Fsp3) is 0.250. The Morgan fingerprint density at radius 3 is 2.69 bits per heavy atom. The summed E-state index contributed by atoms with van der Waals surface area (Å²) in [6, 6.07) is 7.62. The molecule has 0 amide bonds. The van der Waals surface area contributed by atoms with Gasteiger partial charge in [-0.2, -0.15) is 0 Å². The predicted octanol–water partition coefficient (Wildman–Crippen LogP) is 2.33. The fourth-order valence-electron chi connectivity index (χ4n) is 1.38. The molecule has 0 aromatic heterocycles. The van der Waals surface area contributed by atoms with Crippen LogP contribution >= 0.6 is 23.8 Å². The summed E-state index contributed by atoms with van der Waals surface area (Å²) in [5, 5.41) is 0.735. The van der Waals surface area contributed by atoms with Crippen LogP contribution in [0.5, 0.6) is 0 Å². The second-order valence-corrected chi connectivity index (χ2v) is 4.13. The van der Waals surface area contributed by atoms with Gasteiger partial charge in [-0.05, 0) is 12.1 Å². The highest BCUT2D eigenvalue weighted by Crippen LogP contribution is 2.55. The molecule has 2 unspecified atom stereocenters. The lowest BCUT2D eigenvalue weighted by Gasteiger charge is -2.03. The zero-order valence-electron chi connectivity index (χ0n) is 6.57. The van der Waals surface area contributed by atoms with E-state index < -0.39 is 0 Å². The van der Waals surface area contributed by atoms with Crippen molar-refractivity contribution in [2.75, 3.05) is 6.61 Å². The molecule has 2 heterocycles. The van der Waals surface area contributed by atoms with Crippen molar-refractivity contribution in [1.29, 1.82) is 0 Å². The van der Waals surface area contributed by atoms with Crippen LogP contribution in [0, 0.1) is 0 Å². The zero-order valence-corrected chi connectivity index (χ0v) is 8.14. The summed E-state index contributed by atoms with van der Waals surface area (Å²) in [5.74, 6) is 0. The van der Waals surface area contributed by atoms with Crippen LogP contribution in [0.3, 0.4) is 0 Å². The maximum atomic E-state index is 5.79. The zero-order chi connectivity index (χ0) is 8.89. The van der Waals surface area contributed by atoms with Gasteiger partial charge in [0.1, 0.15) is 18.8 Å². The van der Waals surface area contributed by atoms with Gasteiger partial charge in [-0.1, -0.05) is 28.2 Å². The molecular weight excluding hydrogens is 210 g/mol. The fourth-order valence-corrected chi connectivity index (χ4v) is 2.24. The van der Waals surface area contributed by atoms with Crippen molar-refractivity contribution < 1.29 is 9.02 Å². The molecule has 2 aliphatic heterocycles. The van der Waals surface area contributed by atoms with Crippen LogP contribution in [0.1, 0.15) is 5.56 Å². The highest BCUT2D eigenvalue weighted by atomic mass is 35.5. The number of hydroxylamine groups is 1. The minimum absolute atomic E-state index is 0.338. The maximum Gasteiger partial charge on any atom is 0.228 e. The molecule has 13 heavy (non-hydrogen) atoms. The number of hydrogen-bond acceptors (Lipinski definition) is 4. The van der Waals surface area contributed by atoms with E-state index in [4.69, 9.17) is 20.6 Å². The first-order valence-corrected chi connectivity index (χ1v) is 4.94. The molecule has 0 saturated carbocycles. The standard InChI is InChI=1S/C8H6ClNO2S/c9-7-3-1-6(2-4-7)8-5-11-13-10(8)12-8/h1-4H,5H2. The summed E-state index contributed by atoms with van der Waals surface area (Å²) in [6.45, 7) is 0.569. The monoisotopic (exact) mass is 215 g/mol. The van der Waals surface area contributed by atoms with Gasteiger partial charge < -0.3 is 0 Å². The lowest BCUT2D eigenvalue weighted by Crippen LogP contribution is -2.12. The van der Waals surface area contributed by atoms with Gasteiger partial charge >= 0.3 is 0 Å². The number of nitrogens with zero attached hydrogens (tertiary/aromatic N) is 1. The van der Waals surface area contributed by atoms with Crippen molar-refractivity contribution in [3.8, 4) is 0 Å². The van der Waals surface area contributed by atoms with Crippen LogP contribution in [-0.4, -0.2) is 11.1 Å². The Morgan fingerprint density at radius 1 is 1.38 bits per heavy atom. The highest BCUT2D eigenvalue weighted by Gasteiger charge is 2.63. The first kappa shape index (κ1) is 8.08. The van der Waals surface area contributed by atoms with Crippen LogP contribution < -0.4 is 0 Å². The van der Waals surface area contributed by atoms with Crippen LogP contribution in [-0.2, 0) is 14.7 Å². The van der Waals surface area contributed by atoms with E-state index in [2.05, 4.69) is 0 Å². The van der Waals surface area contributed by atoms with Crippen molar-refractivity contribution in [2.45, 2.75) is 5.72 Å². The minimum atomic E-state index is -0.338. The van der Waals surface area contributed by atoms with E-state index >= 15 is 0 Å². The van der Waals surface area contributed by atoms with E-state index in [1.165, 1.54) is 12.2 Å². The van der Waals surface area contributed by atoms with Crippen LogP contribution in [0.2, 0.25) is 5.02 Å². The lowest BCUT2D eigenvalue weighted by atomic mass is 10.1. The maximum absolute atomic E-state index is 5.79. The smallest absolute Gasteiger partial charge is 0.228 e. The summed E-state index contributed by atoms with van der Waals surface area (Å²) in [6.07, 6.45) is 0. The Morgan fingerprint density at radius 2 is 2.15 bits per heavy atom. The normalized spacial score (nSPS) is 35.9. The van der Waals surface area contributed by atoms with Gasteiger partial charge in [0, 0.05) is 10.6 Å². The third-order valence-corrected chi connectivity index (χ3v) is 3.15. The van der Waals surface area contributed by atoms with Crippen molar-refractivity contribution in [3.05, 3.63) is 34.9 Å². The molecule has 3 nitrogen and oxygen atoms in total. The third kappa shape index (κ3) is 1.11. The number of halogens is 1. The van der Waals surface area contributed by atoms with Gasteiger partial charge in [-0.25, -0.2) is 4.84 Å². The molecule has 5 heteroatoms. The average molecular weight is 216 g/mol. The van der Waals surface area contributed by atoms with E-state index in [0.29, 0.717) is 6.61 Å². The molecule has 0 bridgehead atoms. The Bertz CT molecular complexity index is 345. The topological polar surface area (TPSA) is 24.8 Å². The first-order valence-electron chi connectivity index (χ1n) is 3.86. The molecule has 2 aliphatic rings. The molecule has 0 radical (unpaired) electrons. The Balaban J connectivity index is 1.97. The molecule has 2 atom stereocenters. The summed E-state index contributed by atoms with van der Waals surface area (Å²) in [4.78, 5) is 5.39. The molecule has 0 aliphatic carbocycles. The second-order valence-electron chi connectivity index (χ2n) is 2.98. The molecule has 3 rings (SSSR count). The van der Waals surface area contributed by atoms with Crippen molar-refractivity contribution in [2.24, 2.45) is 0 Å². The lowest BCUT2D eigenvalue weighted by molar-refractivity contribution is 0.180. The first-order chi connectivity index (χ1) is 6.31. The SMILES string of the molecule is Clc1ccc(C23COSN2O3)cc1. The molecule has 2 fully saturated rings. The summed E-state index contributed by atoms with van der Waals surface area (Å²) in [7, 11) is 0. The molecule has 0 N–H and O–H groups in total. The van der Waals surface area contributed by atoms with Gasteiger partial charge in [0.15, 0.2) is 0 Å². The van der Waals surface area contributed by atoms with Gasteiger partial charge in [0.25, 0.3) is 0 Å². The van der Waals surface area contributed by atoms with Gasteiger partial charge in [0.05, 0.1) is 0 Å². The van der Waals surface area contributed by atoms with E-state index in [1.807, 2.05) is 24.3 Å². The van der Waals surface area contributed by atoms with Crippen molar-refractivity contribution in [1.82, 2.24) is 4.47 Å². The third-order valence-electron chi connectivity index (χ3n) is 2.17. The quantitative estimate of drug-likeness (QED) is 0.408. The Hall–Kier alpha value is -0.260. The average Bonchev–Trinajstić information content (AvgIpc) is 2.71. The van der Waals surface area contributed by atoms with E-state index in [9.17, 15) is 0 Å². The molecular formula is C8H6ClNO2S. The van der Waals surface area contributed by atoms with Gasteiger partial charge in [-0.15, -0.1) is 0 Å². The Kier molecular flexibility index (Phi) is 1.63. The van der Waals surface area contributed by atoms with Gasteiger partial charge in [0.2, 0.25) is 5.72 Å². The molecule has 1 aromatic carbocycles. The van der Waals surface area contributed by atoms with E-state index in [-0.39, 0.29) is 5.72 Å². The number of rotatable bonds is 1. The number of benzene rings is 1. The minimum Gasteiger partial charge on any atom is -0.294 e. The molecule has 0 spiro atoms. The molecule has 2 saturated heterocycles. The highest BCUT2D eigenvalue weighted by molar-refractivity contribution is 7.92. The largest absolute Gasteiger partial charge is 0.294 e. The number of fused-ring (bicyclic) bond motifs is 1. The van der Waals surface area contributed by atoms with Crippen LogP contribution in [0.4, 0.5) is 0 Å².